The lowest BCUT2D eigenvalue weighted by Gasteiger charge is -2.08. The molecular formula is C13H18N4. The highest BCUT2D eigenvalue weighted by Gasteiger charge is 2.09. The zero-order valence-electron chi connectivity index (χ0n) is 10.1. The number of hydrogen-bond donors (Lipinski definition) is 2. The van der Waals surface area contributed by atoms with E-state index in [4.69, 9.17) is 5.73 Å². The van der Waals surface area contributed by atoms with Crippen molar-refractivity contribution in [2.24, 2.45) is 5.73 Å². The van der Waals surface area contributed by atoms with Crippen LogP contribution in [0, 0.1) is 0 Å². The molecule has 0 unspecified atom stereocenters. The van der Waals surface area contributed by atoms with Gasteiger partial charge in [0.15, 0.2) is 0 Å². The lowest BCUT2D eigenvalue weighted by atomic mass is 10.2. The van der Waals surface area contributed by atoms with E-state index in [1.807, 2.05) is 29.1 Å². The topological polar surface area (TPSA) is 55.9 Å². The quantitative estimate of drug-likeness (QED) is 0.823. The van der Waals surface area contributed by atoms with Crippen molar-refractivity contribution in [2.75, 3.05) is 18.4 Å². The molecule has 4 nitrogen and oxygen atoms in total. The number of hydrogen-bond acceptors (Lipinski definition) is 3. The molecule has 3 N–H and O–H groups in total. The van der Waals surface area contributed by atoms with Crippen LogP contribution in [0.1, 0.15) is 12.6 Å². The maximum absolute atomic E-state index is 5.50. The summed E-state index contributed by atoms with van der Waals surface area (Å²) in [6.07, 6.45) is 2.79. The lowest BCUT2D eigenvalue weighted by Crippen LogP contribution is -2.14. The normalized spacial score (nSPS) is 10.5. The average Bonchev–Trinajstić information content (AvgIpc) is 2.80. The third-order valence-electron chi connectivity index (χ3n) is 2.66. The molecule has 0 atom stereocenters. The van der Waals surface area contributed by atoms with Crippen LogP contribution in [0.15, 0.2) is 36.5 Å². The summed E-state index contributed by atoms with van der Waals surface area (Å²) in [6.45, 7) is 3.53. The summed E-state index contributed by atoms with van der Waals surface area (Å²) in [6, 6.07) is 10.1. The van der Waals surface area contributed by atoms with E-state index >= 15 is 0 Å². The maximum Gasteiger partial charge on any atom is 0.0764 e. The largest absolute Gasteiger partial charge is 0.381 e. The fraction of sp³-hybridized carbons (Fsp3) is 0.308. The molecule has 0 aliphatic heterocycles. The summed E-state index contributed by atoms with van der Waals surface area (Å²) < 4.78 is 1.97. The predicted octanol–water partition coefficient (Wildman–Crippen LogP) is 1.81. The number of aromatic nitrogens is 2. The van der Waals surface area contributed by atoms with Crippen LogP contribution in [-0.4, -0.2) is 22.9 Å². The fourth-order valence-electron chi connectivity index (χ4n) is 1.86. The van der Waals surface area contributed by atoms with Crippen molar-refractivity contribution in [1.29, 1.82) is 0 Å². The molecule has 0 bridgehead atoms. The molecule has 2 aromatic rings. The van der Waals surface area contributed by atoms with E-state index in [1.165, 1.54) is 5.69 Å². The first-order valence-electron chi connectivity index (χ1n) is 5.93. The summed E-state index contributed by atoms with van der Waals surface area (Å²) in [7, 11) is 0. The second-order valence-corrected chi connectivity index (χ2v) is 3.82. The summed E-state index contributed by atoms with van der Waals surface area (Å²) in [4.78, 5) is 0. The zero-order valence-corrected chi connectivity index (χ0v) is 10.1. The van der Waals surface area contributed by atoms with Crippen LogP contribution in [0.25, 0.3) is 5.69 Å². The molecule has 4 heteroatoms. The minimum atomic E-state index is 0.625. The van der Waals surface area contributed by atoms with Gasteiger partial charge in [-0.25, -0.2) is 4.68 Å². The van der Waals surface area contributed by atoms with E-state index in [0.29, 0.717) is 6.54 Å². The molecule has 0 fully saturated rings. The Kier molecular flexibility index (Phi) is 3.77. The van der Waals surface area contributed by atoms with Crippen LogP contribution in [0.4, 0.5) is 5.69 Å². The van der Waals surface area contributed by atoms with Gasteiger partial charge in [0.2, 0.25) is 0 Å². The number of para-hydroxylation sites is 1. The van der Waals surface area contributed by atoms with Gasteiger partial charge in [-0.15, -0.1) is 0 Å². The van der Waals surface area contributed by atoms with Gasteiger partial charge in [-0.05, 0) is 18.6 Å². The zero-order chi connectivity index (χ0) is 12.1. The average molecular weight is 230 g/mol. The minimum Gasteiger partial charge on any atom is -0.381 e. The Hall–Kier alpha value is -1.81. The van der Waals surface area contributed by atoms with E-state index in [0.717, 1.165) is 24.3 Å². The molecule has 2 rings (SSSR count). The molecule has 0 spiro atoms. The second kappa shape index (κ2) is 5.50. The highest BCUT2D eigenvalue weighted by molar-refractivity contribution is 5.50. The molecule has 0 saturated heterocycles. The highest BCUT2D eigenvalue weighted by Crippen LogP contribution is 2.19. The van der Waals surface area contributed by atoms with Gasteiger partial charge < -0.3 is 11.1 Å². The monoisotopic (exact) mass is 230 g/mol. The van der Waals surface area contributed by atoms with Crippen molar-refractivity contribution >= 4 is 5.69 Å². The van der Waals surface area contributed by atoms with Crippen LogP contribution >= 0.6 is 0 Å². The smallest absolute Gasteiger partial charge is 0.0764 e. The van der Waals surface area contributed by atoms with E-state index in [-0.39, 0.29) is 0 Å². The minimum absolute atomic E-state index is 0.625. The van der Waals surface area contributed by atoms with Crippen molar-refractivity contribution in [1.82, 2.24) is 9.78 Å². The lowest BCUT2D eigenvalue weighted by molar-refractivity contribution is 0.814. The van der Waals surface area contributed by atoms with E-state index in [1.54, 1.807) is 0 Å². The van der Waals surface area contributed by atoms with Crippen LogP contribution in [0.2, 0.25) is 0 Å². The molecule has 17 heavy (non-hydrogen) atoms. The van der Waals surface area contributed by atoms with Gasteiger partial charge >= 0.3 is 0 Å². The molecule has 0 saturated carbocycles. The molecule has 1 heterocycles. The highest BCUT2D eigenvalue weighted by atomic mass is 15.3. The first kappa shape index (κ1) is 11.7. The molecule has 1 aromatic carbocycles. The Labute approximate surface area is 101 Å². The molecule has 0 aliphatic rings. The Morgan fingerprint density at radius 1 is 1.29 bits per heavy atom. The molecule has 0 radical (unpaired) electrons. The van der Waals surface area contributed by atoms with Gasteiger partial charge in [0.05, 0.1) is 23.3 Å². The van der Waals surface area contributed by atoms with Crippen molar-refractivity contribution < 1.29 is 0 Å². The Morgan fingerprint density at radius 2 is 2.06 bits per heavy atom. The SMILES string of the molecule is CCc1c(NCCN)cnn1-c1ccccc1. The number of nitrogens with zero attached hydrogens (tertiary/aromatic N) is 2. The fourth-order valence-corrected chi connectivity index (χ4v) is 1.86. The summed E-state index contributed by atoms with van der Waals surface area (Å²) in [5.74, 6) is 0. The number of benzene rings is 1. The Bertz CT molecular complexity index is 462. The van der Waals surface area contributed by atoms with Crippen LogP contribution < -0.4 is 11.1 Å². The predicted molar refractivity (Wildman–Crippen MR) is 70.5 cm³/mol. The van der Waals surface area contributed by atoms with Gasteiger partial charge in [0.1, 0.15) is 0 Å². The van der Waals surface area contributed by atoms with E-state index in [2.05, 4.69) is 29.5 Å². The molecular weight excluding hydrogens is 212 g/mol. The summed E-state index contributed by atoms with van der Waals surface area (Å²) in [5, 5.41) is 7.72. The van der Waals surface area contributed by atoms with Gasteiger partial charge in [-0.3, -0.25) is 0 Å². The number of nitrogens with two attached hydrogens (primary N) is 1. The first-order valence-corrected chi connectivity index (χ1v) is 5.93. The van der Waals surface area contributed by atoms with Crippen LogP contribution in [-0.2, 0) is 6.42 Å². The Morgan fingerprint density at radius 3 is 2.71 bits per heavy atom. The number of anilines is 1. The summed E-state index contributed by atoms with van der Waals surface area (Å²) >= 11 is 0. The molecule has 1 aromatic heterocycles. The van der Waals surface area contributed by atoms with Crippen molar-refractivity contribution in [3.05, 3.63) is 42.2 Å². The van der Waals surface area contributed by atoms with Crippen LogP contribution in [0.5, 0.6) is 0 Å². The maximum atomic E-state index is 5.50. The van der Waals surface area contributed by atoms with E-state index < -0.39 is 0 Å². The molecule has 90 valence electrons. The van der Waals surface area contributed by atoms with Crippen molar-refractivity contribution in [2.45, 2.75) is 13.3 Å². The van der Waals surface area contributed by atoms with Crippen molar-refractivity contribution in [3.8, 4) is 5.69 Å². The van der Waals surface area contributed by atoms with Gasteiger partial charge in [-0.2, -0.15) is 5.10 Å². The Balaban J connectivity index is 2.32. The second-order valence-electron chi connectivity index (χ2n) is 3.82. The van der Waals surface area contributed by atoms with Gasteiger partial charge in [0, 0.05) is 13.1 Å². The number of rotatable bonds is 5. The first-order chi connectivity index (χ1) is 8.36. The van der Waals surface area contributed by atoms with Gasteiger partial charge in [-0.1, -0.05) is 25.1 Å². The van der Waals surface area contributed by atoms with Crippen LogP contribution in [0.3, 0.4) is 0 Å². The molecule has 0 amide bonds. The van der Waals surface area contributed by atoms with E-state index in [9.17, 15) is 0 Å². The third kappa shape index (κ3) is 2.47. The van der Waals surface area contributed by atoms with Crippen molar-refractivity contribution in [3.63, 3.8) is 0 Å². The van der Waals surface area contributed by atoms with Gasteiger partial charge in [0.25, 0.3) is 0 Å². The summed E-state index contributed by atoms with van der Waals surface area (Å²) in [5.41, 5.74) is 8.84. The number of nitrogens with one attached hydrogen (secondary N) is 1. The standard InChI is InChI=1S/C13H18N4/c1-2-13-12(15-9-8-14)10-16-17(13)11-6-4-3-5-7-11/h3-7,10,15H,2,8-9,14H2,1H3. The third-order valence-corrected chi connectivity index (χ3v) is 2.66. The molecule has 0 aliphatic carbocycles.